The highest BCUT2D eigenvalue weighted by Crippen LogP contribution is 2.17. The molecule has 0 unspecified atom stereocenters. The number of nitrogens with zero attached hydrogens (tertiary/aromatic N) is 4. The zero-order valence-corrected chi connectivity index (χ0v) is 9.23. The van der Waals surface area contributed by atoms with Gasteiger partial charge in [-0.2, -0.15) is 15.6 Å². The van der Waals surface area contributed by atoms with Crippen molar-refractivity contribution in [2.75, 3.05) is 0 Å². The Morgan fingerprint density at radius 3 is 2.88 bits per heavy atom. The summed E-state index contributed by atoms with van der Waals surface area (Å²) in [5, 5.41) is 25.2. The predicted molar refractivity (Wildman–Crippen MR) is 63.2 cm³/mol. The molecule has 0 atom stereocenters. The summed E-state index contributed by atoms with van der Waals surface area (Å²) >= 11 is 0. The van der Waals surface area contributed by atoms with E-state index in [1.165, 1.54) is 0 Å². The van der Waals surface area contributed by atoms with Gasteiger partial charge in [-0.25, -0.2) is 0 Å². The minimum absolute atomic E-state index is 0.103. The standard InChI is InChI=1S/C12H9N5/c1-8-11-4-9(2-3-12(11)17-16-8)7-15-10(5-13)6-14/h2-4H,7H2,1H3,(H,16,17). The van der Waals surface area contributed by atoms with Crippen molar-refractivity contribution in [2.24, 2.45) is 4.99 Å². The van der Waals surface area contributed by atoms with Crippen molar-refractivity contribution < 1.29 is 0 Å². The lowest BCUT2D eigenvalue weighted by molar-refractivity contribution is 1.07. The number of H-pyrrole nitrogens is 1. The molecule has 0 fully saturated rings. The van der Waals surface area contributed by atoms with E-state index in [9.17, 15) is 0 Å². The van der Waals surface area contributed by atoms with Gasteiger partial charge in [-0.3, -0.25) is 10.1 Å². The average Bonchev–Trinajstić information content (AvgIpc) is 2.72. The van der Waals surface area contributed by atoms with Gasteiger partial charge in [-0.05, 0) is 24.6 Å². The third kappa shape index (κ3) is 2.14. The summed E-state index contributed by atoms with van der Waals surface area (Å²) in [7, 11) is 0. The number of nitrogens with one attached hydrogen (secondary N) is 1. The number of aromatic nitrogens is 2. The first-order valence-electron chi connectivity index (χ1n) is 5.03. The number of hydrogen-bond donors (Lipinski definition) is 1. The summed E-state index contributed by atoms with van der Waals surface area (Å²) in [6.07, 6.45) is 0. The van der Waals surface area contributed by atoms with Crippen molar-refractivity contribution in [1.82, 2.24) is 10.2 Å². The van der Waals surface area contributed by atoms with E-state index < -0.39 is 0 Å². The number of rotatable bonds is 2. The van der Waals surface area contributed by atoms with Crippen LogP contribution in [0.5, 0.6) is 0 Å². The summed E-state index contributed by atoms with van der Waals surface area (Å²) in [6, 6.07) is 9.21. The zero-order chi connectivity index (χ0) is 12.3. The number of benzene rings is 1. The van der Waals surface area contributed by atoms with Gasteiger partial charge in [-0.1, -0.05) is 6.07 Å². The van der Waals surface area contributed by atoms with Crippen LogP contribution < -0.4 is 0 Å². The fraction of sp³-hybridized carbons (Fsp3) is 0.167. The molecule has 0 aliphatic heterocycles. The number of aliphatic imine (C=N–C) groups is 1. The number of aromatic amines is 1. The van der Waals surface area contributed by atoms with Crippen molar-refractivity contribution in [1.29, 1.82) is 10.5 Å². The maximum absolute atomic E-state index is 8.57. The molecule has 0 saturated carbocycles. The maximum atomic E-state index is 8.57. The summed E-state index contributed by atoms with van der Waals surface area (Å²) in [4.78, 5) is 3.92. The van der Waals surface area contributed by atoms with Gasteiger partial charge in [-0.15, -0.1) is 0 Å². The van der Waals surface area contributed by atoms with Crippen LogP contribution in [0.2, 0.25) is 0 Å². The molecular weight excluding hydrogens is 214 g/mol. The third-order valence-electron chi connectivity index (χ3n) is 2.44. The van der Waals surface area contributed by atoms with Crippen LogP contribution in [0, 0.1) is 29.6 Å². The van der Waals surface area contributed by atoms with Crippen LogP contribution in [0.1, 0.15) is 11.3 Å². The van der Waals surface area contributed by atoms with Gasteiger partial charge < -0.3 is 0 Å². The van der Waals surface area contributed by atoms with E-state index in [0.29, 0.717) is 6.54 Å². The van der Waals surface area contributed by atoms with E-state index in [1.807, 2.05) is 25.1 Å². The number of nitriles is 2. The van der Waals surface area contributed by atoms with Gasteiger partial charge in [0.2, 0.25) is 5.71 Å². The first kappa shape index (κ1) is 10.8. The second-order valence-corrected chi connectivity index (χ2v) is 3.59. The molecule has 0 aliphatic carbocycles. The van der Waals surface area contributed by atoms with Gasteiger partial charge in [0.25, 0.3) is 0 Å². The summed E-state index contributed by atoms with van der Waals surface area (Å²) < 4.78 is 0. The molecule has 0 amide bonds. The fourth-order valence-electron chi connectivity index (χ4n) is 1.55. The van der Waals surface area contributed by atoms with Gasteiger partial charge in [0, 0.05) is 11.1 Å². The van der Waals surface area contributed by atoms with Crippen LogP contribution in [-0.4, -0.2) is 15.9 Å². The zero-order valence-electron chi connectivity index (χ0n) is 9.23. The minimum atomic E-state index is -0.103. The Labute approximate surface area is 98.0 Å². The van der Waals surface area contributed by atoms with E-state index in [2.05, 4.69) is 15.2 Å². The van der Waals surface area contributed by atoms with E-state index >= 15 is 0 Å². The molecule has 0 bridgehead atoms. The SMILES string of the molecule is Cc1[nH]nc2ccc(CN=C(C#N)C#N)cc12. The van der Waals surface area contributed by atoms with Crippen LogP contribution in [0.15, 0.2) is 23.2 Å². The number of hydrogen-bond acceptors (Lipinski definition) is 4. The molecule has 5 nitrogen and oxygen atoms in total. The molecule has 17 heavy (non-hydrogen) atoms. The Hall–Kier alpha value is -2.66. The molecule has 0 aliphatic rings. The summed E-state index contributed by atoms with van der Waals surface area (Å²) in [5.41, 5.74) is 2.74. The Kier molecular flexibility index (Phi) is 2.85. The first-order chi connectivity index (χ1) is 8.24. The summed E-state index contributed by atoms with van der Waals surface area (Å²) in [5.74, 6) is 0. The molecule has 0 saturated heterocycles. The van der Waals surface area contributed by atoms with E-state index in [0.717, 1.165) is 22.2 Å². The average molecular weight is 223 g/mol. The lowest BCUT2D eigenvalue weighted by Gasteiger charge is -1.96. The quantitative estimate of drug-likeness (QED) is 0.788. The molecule has 82 valence electrons. The van der Waals surface area contributed by atoms with Crippen LogP contribution in [0.4, 0.5) is 0 Å². The Balaban J connectivity index is 2.32. The molecule has 0 spiro atoms. The largest absolute Gasteiger partial charge is 0.282 e. The van der Waals surface area contributed by atoms with Gasteiger partial charge in [0.1, 0.15) is 12.1 Å². The number of fused-ring (bicyclic) bond motifs is 1. The normalized spacial score (nSPS) is 9.59. The first-order valence-corrected chi connectivity index (χ1v) is 5.03. The smallest absolute Gasteiger partial charge is 0.213 e. The molecule has 5 heteroatoms. The van der Waals surface area contributed by atoms with Crippen molar-refractivity contribution >= 4 is 16.6 Å². The lowest BCUT2D eigenvalue weighted by atomic mass is 10.1. The highest BCUT2D eigenvalue weighted by atomic mass is 15.1. The highest BCUT2D eigenvalue weighted by Gasteiger charge is 2.02. The van der Waals surface area contributed by atoms with E-state index in [4.69, 9.17) is 10.5 Å². The van der Waals surface area contributed by atoms with Crippen molar-refractivity contribution in [3.8, 4) is 12.1 Å². The van der Waals surface area contributed by atoms with Crippen molar-refractivity contribution in [2.45, 2.75) is 13.5 Å². The Morgan fingerprint density at radius 1 is 1.41 bits per heavy atom. The van der Waals surface area contributed by atoms with Crippen LogP contribution in [0.25, 0.3) is 10.9 Å². The Bertz CT molecular complexity index is 650. The molecular formula is C12H9N5. The Morgan fingerprint density at radius 2 is 2.18 bits per heavy atom. The maximum Gasteiger partial charge on any atom is 0.213 e. The van der Waals surface area contributed by atoms with Crippen LogP contribution in [0.3, 0.4) is 0 Å². The summed E-state index contributed by atoms with van der Waals surface area (Å²) in [6.45, 7) is 2.27. The van der Waals surface area contributed by atoms with E-state index in [1.54, 1.807) is 12.1 Å². The monoisotopic (exact) mass is 223 g/mol. The van der Waals surface area contributed by atoms with Gasteiger partial charge in [0.05, 0.1) is 12.1 Å². The van der Waals surface area contributed by atoms with Crippen LogP contribution >= 0.6 is 0 Å². The second-order valence-electron chi connectivity index (χ2n) is 3.59. The molecule has 0 radical (unpaired) electrons. The molecule has 1 N–H and O–H groups in total. The fourth-order valence-corrected chi connectivity index (χ4v) is 1.55. The predicted octanol–water partition coefficient (Wildman–Crippen LogP) is 1.86. The minimum Gasteiger partial charge on any atom is -0.282 e. The molecule has 1 aromatic carbocycles. The topological polar surface area (TPSA) is 88.6 Å². The van der Waals surface area contributed by atoms with Crippen molar-refractivity contribution in [3.63, 3.8) is 0 Å². The van der Waals surface area contributed by atoms with E-state index in [-0.39, 0.29) is 5.71 Å². The van der Waals surface area contributed by atoms with Gasteiger partial charge in [0.15, 0.2) is 0 Å². The third-order valence-corrected chi connectivity index (χ3v) is 2.44. The second kappa shape index (κ2) is 4.46. The molecule has 2 rings (SSSR count). The molecule has 2 aromatic rings. The lowest BCUT2D eigenvalue weighted by Crippen LogP contribution is -1.90. The highest BCUT2D eigenvalue weighted by molar-refractivity contribution is 6.10. The molecule has 1 aromatic heterocycles. The number of aryl methyl sites for hydroxylation is 1. The van der Waals surface area contributed by atoms with Gasteiger partial charge >= 0.3 is 0 Å². The molecule has 1 heterocycles. The van der Waals surface area contributed by atoms with Crippen molar-refractivity contribution in [3.05, 3.63) is 29.5 Å². The van der Waals surface area contributed by atoms with Crippen LogP contribution in [-0.2, 0) is 6.54 Å².